The van der Waals surface area contributed by atoms with Crippen LogP contribution in [0, 0.1) is 0 Å². The van der Waals surface area contributed by atoms with Crippen LogP contribution in [-0.4, -0.2) is 38.1 Å². The fourth-order valence-electron chi connectivity index (χ4n) is 1.63. The van der Waals surface area contributed by atoms with Crippen molar-refractivity contribution in [2.24, 2.45) is 0 Å². The molecule has 6 nitrogen and oxygen atoms in total. The van der Waals surface area contributed by atoms with Gasteiger partial charge in [0.2, 0.25) is 0 Å². The maximum absolute atomic E-state index is 12.1. The van der Waals surface area contributed by atoms with Crippen LogP contribution in [-0.2, 0) is 19.1 Å². The summed E-state index contributed by atoms with van der Waals surface area (Å²) in [4.78, 5) is 35.0. The number of carbonyl (C=O) groups is 3. The van der Waals surface area contributed by atoms with Crippen LogP contribution in [0.4, 0.5) is 0 Å². The van der Waals surface area contributed by atoms with Gasteiger partial charge in [0, 0.05) is 5.56 Å². The zero-order chi connectivity index (χ0) is 15.8. The van der Waals surface area contributed by atoms with Crippen molar-refractivity contribution in [1.82, 2.24) is 5.32 Å². The summed E-state index contributed by atoms with van der Waals surface area (Å²) in [6, 6.07) is 5.60. The molecule has 0 aliphatic rings. The second-order valence-corrected chi connectivity index (χ2v) is 4.16. The molecule has 21 heavy (non-hydrogen) atoms. The summed E-state index contributed by atoms with van der Waals surface area (Å²) in [5, 5.41) is 2.45. The number of hydrogen-bond acceptors (Lipinski definition) is 5. The van der Waals surface area contributed by atoms with E-state index in [1.165, 1.54) is 14.2 Å². The van der Waals surface area contributed by atoms with E-state index in [0.717, 1.165) is 5.56 Å². The van der Waals surface area contributed by atoms with Crippen molar-refractivity contribution in [2.75, 3.05) is 14.2 Å². The van der Waals surface area contributed by atoms with Gasteiger partial charge >= 0.3 is 11.9 Å². The minimum absolute atomic E-state index is 0.296. The molecule has 0 saturated heterocycles. The standard InChI is InChI=1S/C15H17NO5/c1-4-10-6-5-7-11(8-10)14(18)16-12(15(19)21-3)9-13(17)20-2/h4-8,12H,1,9H2,2-3H3,(H,16,18). The van der Waals surface area contributed by atoms with Crippen molar-refractivity contribution in [3.63, 3.8) is 0 Å². The number of hydrogen-bond donors (Lipinski definition) is 1. The van der Waals surface area contributed by atoms with Gasteiger partial charge in [0.25, 0.3) is 5.91 Å². The second kappa shape index (κ2) is 7.84. The monoisotopic (exact) mass is 291 g/mol. The van der Waals surface area contributed by atoms with Gasteiger partial charge in [0.05, 0.1) is 20.6 Å². The first-order chi connectivity index (χ1) is 10.0. The maximum Gasteiger partial charge on any atom is 0.328 e. The topological polar surface area (TPSA) is 81.7 Å². The minimum atomic E-state index is -1.10. The molecule has 1 aromatic carbocycles. The molecule has 1 atom stereocenters. The lowest BCUT2D eigenvalue weighted by molar-refractivity contribution is -0.149. The molecular weight excluding hydrogens is 274 g/mol. The molecule has 0 aromatic heterocycles. The van der Waals surface area contributed by atoms with E-state index in [0.29, 0.717) is 5.56 Å². The van der Waals surface area contributed by atoms with Gasteiger partial charge in [0.1, 0.15) is 6.04 Å². The molecule has 0 saturated carbocycles. The number of methoxy groups -OCH3 is 2. The summed E-state index contributed by atoms with van der Waals surface area (Å²) >= 11 is 0. The number of amides is 1. The average Bonchev–Trinajstić information content (AvgIpc) is 2.53. The Kier molecular flexibility index (Phi) is 6.13. The Hall–Kier alpha value is -2.63. The first-order valence-electron chi connectivity index (χ1n) is 6.19. The second-order valence-electron chi connectivity index (χ2n) is 4.16. The predicted molar refractivity (Wildman–Crippen MR) is 76.4 cm³/mol. The Morgan fingerprint density at radius 2 is 2.00 bits per heavy atom. The van der Waals surface area contributed by atoms with E-state index in [1.54, 1.807) is 30.3 Å². The zero-order valence-corrected chi connectivity index (χ0v) is 11.9. The third-order valence-electron chi connectivity index (χ3n) is 2.77. The minimum Gasteiger partial charge on any atom is -0.469 e. The van der Waals surface area contributed by atoms with Gasteiger partial charge in [-0.15, -0.1) is 0 Å². The average molecular weight is 291 g/mol. The van der Waals surface area contributed by atoms with Gasteiger partial charge in [0.15, 0.2) is 0 Å². The normalized spacial score (nSPS) is 11.1. The quantitative estimate of drug-likeness (QED) is 0.795. The van der Waals surface area contributed by atoms with E-state index >= 15 is 0 Å². The molecule has 1 unspecified atom stereocenters. The fraction of sp³-hybridized carbons (Fsp3) is 0.267. The molecular formula is C15H17NO5. The maximum atomic E-state index is 12.1. The van der Waals surface area contributed by atoms with E-state index in [-0.39, 0.29) is 6.42 Å². The van der Waals surface area contributed by atoms with Crippen LogP contribution in [0.1, 0.15) is 22.3 Å². The summed E-state index contributed by atoms with van der Waals surface area (Å²) in [5.41, 5.74) is 1.12. The first kappa shape index (κ1) is 16.4. The Morgan fingerprint density at radius 3 is 2.57 bits per heavy atom. The van der Waals surface area contributed by atoms with E-state index < -0.39 is 23.9 Å². The molecule has 112 valence electrons. The summed E-state index contributed by atoms with van der Waals surface area (Å²) < 4.78 is 9.05. The molecule has 6 heteroatoms. The van der Waals surface area contributed by atoms with Crippen LogP contribution in [0.3, 0.4) is 0 Å². The zero-order valence-electron chi connectivity index (χ0n) is 11.9. The predicted octanol–water partition coefficient (Wildman–Crippen LogP) is 1.16. The summed E-state index contributed by atoms with van der Waals surface area (Å²) in [5.74, 6) is -1.82. The smallest absolute Gasteiger partial charge is 0.328 e. The van der Waals surface area contributed by atoms with Crippen molar-refractivity contribution in [2.45, 2.75) is 12.5 Å². The molecule has 1 aromatic rings. The molecule has 0 aliphatic heterocycles. The molecule has 0 bridgehead atoms. The molecule has 1 rings (SSSR count). The van der Waals surface area contributed by atoms with E-state index in [9.17, 15) is 14.4 Å². The van der Waals surface area contributed by atoms with Gasteiger partial charge in [-0.1, -0.05) is 24.8 Å². The highest BCUT2D eigenvalue weighted by Gasteiger charge is 2.25. The number of rotatable bonds is 6. The Labute approximate surface area is 122 Å². The molecule has 0 fully saturated rings. The summed E-state index contributed by atoms with van der Waals surface area (Å²) in [7, 11) is 2.38. The highest BCUT2D eigenvalue weighted by atomic mass is 16.5. The van der Waals surface area contributed by atoms with Crippen LogP contribution in [0.25, 0.3) is 6.08 Å². The van der Waals surface area contributed by atoms with Gasteiger partial charge in [-0.2, -0.15) is 0 Å². The lowest BCUT2D eigenvalue weighted by Crippen LogP contribution is -2.43. The van der Waals surface area contributed by atoms with Crippen molar-refractivity contribution in [3.05, 3.63) is 42.0 Å². The van der Waals surface area contributed by atoms with Crippen LogP contribution >= 0.6 is 0 Å². The van der Waals surface area contributed by atoms with E-state index in [1.807, 2.05) is 0 Å². The summed E-state index contributed by atoms with van der Waals surface area (Å²) in [6.07, 6.45) is 1.30. The molecule has 0 spiro atoms. The van der Waals surface area contributed by atoms with Gasteiger partial charge in [-0.25, -0.2) is 4.79 Å². The number of benzene rings is 1. The van der Waals surface area contributed by atoms with Crippen LogP contribution in [0.2, 0.25) is 0 Å². The van der Waals surface area contributed by atoms with Crippen LogP contribution in [0.5, 0.6) is 0 Å². The van der Waals surface area contributed by atoms with Crippen molar-refractivity contribution in [1.29, 1.82) is 0 Å². The highest BCUT2D eigenvalue weighted by molar-refractivity contribution is 5.98. The highest BCUT2D eigenvalue weighted by Crippen LogP contribution is 2.07. The Bertz CT molecular complexity index is 553. The Morgan fingerprint density at radius 1 is 1.29 bits per heavy atom. The summed E-state index contributed by atoms with van der Waals surface area (Å²) in [6.45, 7) is 3.62. The van der Waals surface area contributed by atoms with Gasteiger partial charge < -0.3 is 14.8 Å². The lowest BCUT2D eigenvalue weighted by Gasteiger charge is -2.15. The number of esters is 2. The van der Waals surface area contributed by atoms with Crippen LogP contribution < -0.4 is 5.32 Å². The fourth-order valence-corrected chi connectivity index (χ4v) is 1.63. The largest absolute Gasteiger partial charge is 0.469 e. The van der Waals surface area contributed by atoms with Gasteiger partial charge in [-0.05, 0) is 17.7 Å². The van der Waals surface area contributed by atoms with Crippen molar-refractivity contribution in [3.8, 4) is 0 Å². The lowest BCUT2D eigenvalue weighted by atomic mass is 10.1. The number of ether oxygens (including phenoxy) is 2. The third-order valence-corrected chi connectivity index (χ3v) is 2.77. The van der Waals surface area contributed by atoms with E-state index in [2.05, 4.69) is 21.4 Å². The first-order valence-corrected chi connectivity index (χ1v) is 6.19. The third kappa shape index (κ3) is 4.76. The molecule has 0 heterocycles. The SMILES string of the molecule is C=Cc1cccc(C(=O)NC(CC(=O)OC)C(=O)OC)c1. The van der Waals surface area contributed by atoms with Gasteiger partial charge in [-0.3, -0.25) is 9.59 Å². The molecule has 1 amide bonds. The van der Waals surface area contributed by atoms with E-state index in [4.69, 9.17) is 0 Å². The van der Waals surface area contributed by atoms with Crippen molar-refractivity contribution < 1.29 is 23.9 Å². The Balaban J connectivity index is 2.86. The molecule has 0 radical (unpaired) electrons. The molecule has 0 aliphatic carbocycles. The van der Waals surface area contributed by atoms with Crippen LogP contribution in [0.15, 0.2) is 30.8 Å². The van der Waals surface area contributed by atoms with Crippen molar-refractivity contribution >= 4 is 23.9 Å². The molecule has 1 N–H and O–H groups in total. The number of nitrogens with one attached hydrogen (secondary N) is 1. The number of carbonyl (C=O) groups excluding carboxylic acids is 3.